The van der Waals surface area contributed by atoms with Gasteiger partial charge in [0, 0.05) is 12.1 Å². The van der Waals surface area contributed by atoms with Gasteiger partial charge in [0.15, 0.2) is 11.5 Å². The van der Waals surface area contributed by atoms with Crippen LogP contribution in [-0.4, -0.2) is 23.4 Å². The molecule has 0 aliphatic carbocycles. The summed E-state index contributed by atoms with van der Waals surface area (Å²) in [6.45, 7) is 7.86. The van der Waals surface area contributed by atoms with E-state index in [1.165, 1.54) is 0 Å². The Morgan fingerprint density at radius 1 is 1.37 bits per heavy atom. The van der Waals surface area contributed by atoms with Crippen LogP contribution >= 0.6 is 0 Å². The summed E-state index contributed by atoms with van der Waals surface area (Å²) in [5.41, 5.74) is 0.0380. The molecule has 0 heterocycles. The third-order valence-electron chi connectivity index (χ3n) is 2.20. The first-order valence-corrected chi connectivity index (χ1v) is 6.24. The Kier molecular flexibility index (Phi) is 5.03. The standard InChI is InChI=1S/C14H21NO4/c1-5-18-11-8-6-7-10(12(11)16)9-15-13(17)19-14(2,3)4/h6-8,16H,5,9H2,1-4H3,(H,15,17). The monoisotopic (exact) mass is 267 g/mol. The van der Waals surface area contributed by atoms with Gasteiger partial charge < -0.3 is 19.9 Å². The van der Waals surface area contributed by atoms with Crippen LogP contribution in [0.3, 0.4) is 0 Å². The Hall–Kier alpha value is -1.91. The van der Waals surface area contributed by atoms with Crippen molar-refractivity contribution in [2.24, 2.45) is 0 Å². The molecular weight excluding hydrogens is 246 g/mol. The van der Waals surface area contributed by atoms with E-state index in [4.69, 9.17) is 9.47 Å². The second-order valence-corrected chi connectivity index (χ2v) is 5.05. The highest BCUT2D eigenvalue weighted by Gasteiger charge is 2.16. The summed E-state index contributed by atoms with van der Waals surface area (Å²) in [5.74, 6) is 0.450. The average Bonchev–Trinajstić information content (AvgIpc) is 2.28. The lowest BCUT2D eigenvalue weighted by molar-refractivity contribution is 0.0523. The molecule has 0 fully saturated rings. The SMILES string of the molecule is CCOc1cccc(CNC(=O)OC(C)(C)C)c1O. The molecule has 0 spiro atoms. The van der Waals surface area contributed by atoms with E-state index in [2.05, 4.69) is 5.32 Å². The summed E-state index contributed by atoms with van der Waals surface area (Å²) in [7, 11) is 0. The van der Waals surface area contributed by atoms with Crippen LogP contribution in [0.4, 0.5) is 4.79 Å². The molecule has 0 radical (unpaired) electrons. The first kappa shape index (κ1) is 15.1. The number of phenolic OH excluding ortho intramolecular Hbond substituents is 1. The highest BCUT2D eigenvalue weighted by molar-refractivity contribution is 5.68. The van der Waals surface area contributed by atoms with Crippen molar-refractivity contribution in [3.8, 4) is 11.5 Å². The number of benzene rings is 1. The van der Waals surface area contributed by atoms with Gasteiger partial charge in [-0.15, -0.1) is 0 Å². The minimum Gasteiger partial charge on any atom is -0.504 e. The highest BCUT2D eigenvalue weighted by atomic mass is 16.6. The van der Waals surface area contributed by atoms with Crippen molar-refractivity contribution in [1.82, 2.24) is 5.32 Å². The quantitative estimate of drug-likeness (QED) is 0.880. The molecule has 1 aromatic rings. The van der Waals surface area contributed by atoms with Gasteiger partial charge >= 0.3 is 6.09 Å². The number of aromatic hydroxyl groups is 1. The van der Waals surface area contributed by atoms with Gasteiger partial charge in [0.2, 0.25) is 0 Å². The maximum absolute atomic E-state index is 11.5. The molecule has 0 atom stereocenters. The second kappa shape index (κ2) is 6.31. The number of hydrogen-bond acceptors (Lipinski definition) is 4. The van der Waals surface area contributed by atoms with E-state index in [9.17, 15) is 9.90 Å². The first-order chi connectivity index (χ1) is 8.83. The fourth-order valence-corrected chi connectivity index (χ4v) is 1.46. The zero-order valence-electron chi connectivity index (χ0n) is 11.8. The maximum atomic E-state index is 11.5. The summed E-state index contributed by atoms with van der Waals surface area (Å²) in [6, 6.07) is 5.15. The molecule has 0 aromatic heterocycles. The molecule has 0 bridgehead atoms. The van der Waals surface area contributed by atoms with Crippen molar-refractivity contribution < 1.29 is 19.4 Å². The van der Waals surface area contributed by atoms with Gasteiger partial charge in [-0.25, -0.2) is 4.79 Å². The van der Waals surface area contributed by atoms with Gasteiger partial charge in [0.1, 0.15) is 5.60 Å². The first-order valence-electron chi connectivity index (χ1n) is 6.24. The van der Waals surface area contributed by atoms with E-state index < -0.39 is 11.7 Å². The Bertz CT molecular complexity index is 438. The van der Waals surface area contributed by atoms with Crippen LogP contribution < -0.4 is 10.1 Å². The van der Waals surface area contributed by atoms with E-state index in [0.29, 0.717) is 17.9 Å². The molecule has 1 amide bonds. The molecule has 5 nitrogen and oxygen atoms in total. The van der Waals surface area contributed by atoms with Crippen LogP contribution in [0.1, 0.15) is 33.3 Å². The molecule has 1 aromatic carbocycles. The minimum atomic E-state index is -0.542. The highest BCUT2D eigenvalue weighted by Crippen LogP contribution is 2.29. The number of nitrogens with one attached hydrogen (secondary N) is 1. The van der Waals surface area contributed by atoms with Crippen molar-refractivity contribution in [1.29, 1.82) is 0 Å². The second-order valence-electron chi connectivity index (χ2n) is 5.05. The largest absolute Gasteiger partial charge is 0.504 e. The van der Waals surface area contributed by atoms with Gasteiger partial charge in [-0.1, -0.05) is 12.1 Å². The van der Waals surface area contributed by atoms with Crippen LogP contribution in [-0.2, 0) is 11.3 Å². The summed E-state index contributed by atoms with van der Waals surface area (Å²) >= 11 is 0. The van der Waals surface area contributed by atoms with Crippen molar-refractivity contribution in [2.45, 2.75) is 39.8 Å². The lowest BCUT2D eigenvalue weighted by atomic mass is 10.2. The van der Waals surface area contributed by atoms with Crippen LogP contribution in [0.15, 0.2) is 18.2 Å². The molecule has 19 heavy (non-hydrogen) atoms. The topological polar surface area (TPSA) is 67.8 Å². The third kappa shape index (κ3) is 5.07. The number of phenols is 1. The molecule has 106 valence electrons. The Labute approximate surface area is 113 Å². The average molecular weight is 267 g/mol. The predicted octanol–water partition coefficient (Wildman–Crippen LogP) is 2.82. The van der Waals surface area contributed by atoms with E-state index in [1.54, 1.807) is 39.0 Å². The van der Waals surface area contributed by atoms with Crippen molar-refractivity contribution in [3.63, 3.8) is 0 Å². The fourth-order valence-electron chi connectivity index (χ4n) is 1.46. The molecular formula is C14H21NO4. The third-order valence-corrected chi connectivity index (χ3v) is 2.20. The number of alkyl carbamates (subject to hydrolysis) is 1. The Balaban J connectivity index is 2.63. The number of hydrogen-bond donors (Lipinski definition) is 2. The van der Waals surface area contributed by atoms with Crippen molar-refractivity contribution in [2.75, 3.05) is 6.61 Å². The Morgan fingerprint density at radius 3 is 2.63 bits per heavy atom. The normalized spacial score (nSPS) is 10.9. The van der Waals surface area contributed by atoms with Gasteiger partial charge in [0.25, 0.3) is 0 Å². The number of rotatable bonds is 4. The van der Waals surface area contributed by atoms with Crippen molar-refractivity contribution >= 4 is 6.09 Å². The lowest BCUT2D eigenvalue weighted by Crippen LogP contribution is -2.32. The van der Waals surface area contributed by atoms with E-state index in [0.717, 1.165) is 0 Å². The molecule has 0 unspecified atom stereocenters. The smallest absolute Gasteiger partial charge is 0.407 e. The predicted molar refractivity (Wildman–Crippen MR) is 72.3 cm³/mol. The van der Waals surface area contributed by atoms with Crippen LogP contribution in [0.5, 0.6) is 11.5 Å². The van der Waals surface area contributed by atoms with E-state index >= 15 is 0 Å². The number of amides is 1. The summed E-state index contributed by atoms with van der Waals surface area (Å²) in [4.78, 5) is 11.5. The van der Waals surface area contributed by atoms with E-state index in [1.807, 2.05) is 6.92 Å². The number of para-hydroxylation sites is 1. The van der Waals surface area contributed by atoms with Gasteiger partial charge in [0.05, 0.1) is 6.61 Å². The summed E-state index contributed by atoms with van der Waals surface area (Å²) in [6.07, 6.45) is -0.520. The zero-order valence-corrected chi connectivity index (χ0v) is 11.8. The fraction of sp³-hybridized carbons (Fsp3) is 0.500. The molecule has 2 N–H and O–H groups in total. The zero-order chi connectivity index (χ0) is 14.5. The van der Waals surface area contributed by atoms with Crippen LogP contribution in [0, 0.1) is 0 Å². The van der Waals surface area contributed by atoms with Crippen LogP contribution in [0.2, 0.25) is 0 Å². The summed E-state index contributed by atoms with van der Waals surface area (Å²) < 4.78 is 10.4. The van der Waals surface area contributed by atoms with Gasteiger partial charge in [-0.05, 0) is 33.8 Å². The molecule has 0 saturated heterocycles. The number of carbonyl (C=O) groups excluding carboxylic acids is 1. The van der Waals surface area contributed by atoms with Crippen LogP contribution in [0.25, 0.3) is 0 Å². The summed E-state index contributed by atoms with van der Waals surface area (Å²) in [5, 5.41) is 12.5. The molecule has 5 heteroatoms. The lowest BCUT2D eigenvalue weighted by Gasteiger charge is -2.20. The Morgan fingerprint density at radius 2 is 2.05 bits per heavy atom. The maximum Gasteiger partial charge on any atom is 0.407 e. The van der Waals surface area contributed by atoms with Gasteiger partial charge in [-0.2, -0.15) is 0 Å². The number of carbonyl (C=O) groups is 1. The number of ether oxygens (including phenoxy) is 2. The molecule has 0 aliphatic heterocycles. The van der Waals surface area contributed by atoms with Crippen molar-refractivity contribution in [3.05, 3.63) is 23.8 Å². The molecule has 1 rings (SSSR count). The molecule has 0 saturated carbocycles. The molecule has 0 aliphatic rings. The minimum absolute atomic E-state index is 0.0420. The van der Waals surface area contributed by atoms with Gasteiger partial charge in [-0.3, -0.25) is 0 Å². The van der Waals surface area contributed by atoms with E-state index in [-0.39, 0.29) is 12.3 Å².